The molecule has 0 radical (unpaired) electrons. The number of carbonyl (C=O) groups is 3. The molecule has 0 aromatic heterocycles. The second kappa shape index (κ2) is 9.67. The van der Waals surface area contributed by atoms with Crippen LogP contribution in [0.5, 0.6) is 0 Å². The van der Waals surface area contributed by atoms with Crippen LogP contribution in [0, 0.1) is 5.92 Å². The van der Waals surface area contributed by atoms with Gasteiger partial charge in [0.2, 0.25) is 17.7 Å². The summed E-state index contributed by atoms with van der Waals surface area (Å²) in [5, 5.41) is 16.8. The first-order valence-corrected chi connectivity index (χ1v) is 7.94. The summed E-state index contributed by atoms with van der Waals surface area (Å²) in [7, 11) is 0. The lowest BCUT2D eigenvalue weighted by atomic mass is 10.0. The molecule has 1 atom stereocenters. The Balaban J connectivity index is 2.51. The molecule has 4 N–H and O–H groups in total. The number of hydrogen-bond acceptors (Lipinski definition) is 4. The van der Waals surface area contributed by atoms with E-state index in [1.165, 1.54) is 0 Å². The van der Waals surface area contributed by atoms with Crippen LogP contribution in [-0.2, 0) is 21.0 Å². The maximum absolute atomic E-state index is 12.1. The lowest BCUT2D eigenvalue weighted by Gasteiger charge is -2.21. The molecule has 0 spiro atoms. The van der Waals surface area contributed by atoms with Crippen LogP contribution in [0.25, 0.3) is 0 Å². The highest BCUT2D eigenvalue weighted by Crippen LogP contribution is 2.09. The summed E-state index contributed by atoms with van der Waals surface area (Å²) < 4.78 is 0. The molecule has 24 heavy (non-hydrogen) atoms. The molecule has 0 aliphatic heterocycles. The van der Waals surface area contributed by atoms with Gasteiger partial charge in [-0.05, 0) is 23.6 Å². The minimum absolute atomic E-state index is 0.0651. The SMILES string of the molecule is CCC(=O)N[C@H](C(=O)NCC(=O)Nc1ccc(CO)cc1)C(C)C. The number of carbonyl (C=O) groups excluding carboxylic acids is 3. The Hall–Kier alpha value is -2.41. The van der Waals surface area contributed by atoms with Gasteiger partial charge in [0.05, 0.1) is 13.2 Å². The van der Waals surface area contributed by atoms with Crippen molar-refractivity contribution < 1.29 is 19.5 Å². The molecule has 0 saturated heterocycles. The summed E-state index contributed by atoms with van der Waals surface area (Å²) in [6.07, 6.45) is 0.292. The van der Waals surface area contributed by atoms with Crippen molar-refractivity contribution in [3.05, 3.63) is 29.8 Å². The van der Waals surface area contributed by atoms with E-state index >= 15 is 0 Å². The Labute approximate surface area is 141 Å². The van der Waals surface area contributed by atoms with E-state index in [1.807, 2.05) is 13.8 Å². The molecule has 0 aliphatic carbocycles. The molecule has 7 heteroatoms. The van der Waals surface area contributed by atoms with Gasteiger partial charge < -0.3 is 21.1 Å². The number of nitrogens with one attached hydrogen (secondary N) is 3. The average molecular weight is 335 g/mol. The van der Waals surface area contributed by atoms with Crippen LogP contribution in [0.3, 0.4) is 0 Å². The quantitative estimate of drug-likeness (QED) is 0.563. The molecule has 1 aromatic rings. The van der Waals surface area contributed by atoms with Crippen molar-refractivity contribution in [3.63, 3.8) is 0 Å². The van der Waals surface area contributed by atoms with E-state index < -0.39 is 11.9 Å². The number of benzene rings is 1. The zero-order chi connectivity index (χ0) is 18.1. The van der Waals surface area contributed by atoms with Crippen LogP contribution >= 0.6 is 0 Å². The van der Waals surface area contributed by atoms with Crippen LogP contribution in [0.15, 0.2) is 24.3 Å². The molecule has 0 saturated carbocycles. The number of aliphatic hydroxyl groups excluding tert-OH is 1. The third-order valence-electron chi connectivity index (χ3n) is 3.43. The van der Waals surface area contributed by atoms with E-state index in [4.69, 9.17) is 5.11 Å². The fraction of sp³-hybridized carbons (Fsp3) is 0.471. The molecular weight excluding hydrogens is 310 g/mol. The minimum atomic E-state index is -0.672. The predicted molar refractivity (Wildman–Crippen MR) is 91.1 cm³/mol. The summed E-state index contributed by atoms with van der Waals surface area (Å²) in [4.78, 5) is 35.5. The second-order valence-corrected chi connectivity index (χ2v) is 5.76. The molecule has 3 amide bonds. The van der Waals surface area contributed by atoms with Gasteiger partial charge in [0.25, 0.3) is 0 Å². The Bertz CT molecular complexity index is 570. The molecule has 7 nitrogen and oxygen atoms in total. The highest BCUT2D eigenvalue weighted by Gasteiger charge is 2.23. The molecule has 0 unspecified atom stereocenters. The number of rotatable bonds is 8. The van der Waals surface area contributed by atoms with Gasteiger partial charge in [-0.3, -0.25) is 14.4 Å². The molecule has 1 aromatic carbocycles. The van der Waals surface area contributed by atoms with Crippen LogP contribution in [0.2, 0.25) is 0 Å². The molecule has 0 heterocycles. The smallest absolute Gasteiger partial charge is 0.243 e. The molecule has 0 bridgehead atoms. The van der Waals surface area contributed by atoms with Gasteiger partial charge in [-0.2, -0.15) is 0 Å². The maximum atomic E-state index is 12.1. The van der Waals surface area contributed by atoms with E-state index in [0.29, 0.717) is 12.1 Å². The highest BCUT2D eigenvalue weighted by molar-refractivity contribution is 5.96. The van der Waals surface area contributed by atoms with Crippen molar-refractivity contribution in [2.45, 2.75) is 39.8 Å². The average Bonchev–Trinajstić information content (AvgIpc) is 2.57. The van der Waals surface area contributed by atoms with Gasteiger partial charge in [-0.15, -0.1) is 0 Å². The zero-order valence-electron chi connectivity index (χ0n) is 14.3. The molecule has 132 valence electrons. The van der Waals surface area contributed by atoms with E-state index in [9.17, 15) is 14.4 Å². The fourth-order valence-corrected chi connectivity index (χ4v) is 1.99. The highest BCUT2D eigenvalue weighted by atomic mass is 16.3. The Morgan fingerprint density at radius 1 is 1.08 bits per heavy atom. The van der Waals surface area contributed by atoms with E-state index in [-0.39, 0.29) is 30.9 Å². The largest absolute Gasteiger partial charge is 0.392 e. The van der Waals surface area contributed by atoms with Crippen molar-refractivity contribution in [3.8, 4) is 0 Å². The summed E-state index contributed by atoms with van der Waals surface area (Å²) >= 11 is 0. The minimum Gasteiger partial charge on any atom is -0.392 e. The van der Waals surface area contributed by atoms with Gasteiger partial charge >= 0.3 is 0 Å². The van der Waals surface area contributed by atoms with E-state index in [1.54, 1.807) is 31.2 Å². The number of hydrogen-bond donors (Lipinski definition) is 4. The third-order valence-corrected chi connectivity index (χ3v) is 3.43. The van der Waals surface area contributed by atoms with Crippen molar-refractivity contribution >= 4 is 23.4 Å². The molecule has 1 rings (SSSR count). The van der Waals surface area contributed by atoms with E-state index in [0.717, 1.165) is 5.56 Å². The van der Waals surface area contributed by atoms with Crippen molar-refractivity contribution in [2.24, 2.45) is 5.92 Å². The molecule has 0 fully saturated rings. The Morgan fingerprint density at radius 3 is 2.21 bits per heavy atom. The topological polar surface area (TPSA) is 108 Å². The van der Waals surface area contributed by atoms with Crippen molar-refractivity contribution in [2.75, 3.05) is 11.9 Å². The number of aliphatic hydroxyl groups is 1. The van der Waals surface area contributed by atoms with Gasteiger partial charge in [0.1, 0.15) is 6.04 Å². The summed E-state index contributed by atoms with van der Waals surface area (Å²) in [5.74, 6) is -1.06. The van der Waals surface area contributed by atoms with E-state index in [2.05, 4.69) is 16.0 Å². The van der Waals surface area contributed by atoms with Crippen LogP contribution in [0.4, 0.5) is 5.69 Å². The van der Waals surface area contributed by atoms with Crippen LogP contribution in [0.1, 0.15) is 32.8 Å². The predicted octanol–water partition coefficient (Wildman–Crippen LogP) is 0.784. The number of anilines is 1. The zero-order valence-corrected chi connectivity index (χ0v) is 14.3. The van der Waals surface area contributed by atoms with Crippen molar-refractivity contribution in [1.29, 1.82) is 0 Å². The molecular formula is C17H25N3O4. The summed E-state index contributed by atoms with van der Waals surface area (Å²) in [6.45, 7) is 5.10. The van der Waals surface area contributed by atoms with Crippen LogP contribution in [-0.4, -0.2) is 35.4 Å². The van der Waals surface area contributed by atoms with Crippen molar-refractivity contribution in [1.82, 2.24) is 10.6 Å². The Morgan fingerprint density at radius 2 is 1.71 bits per heavy atom. The first-order chi connectivity index (χ1) is 11.4. The van der Waals surface area contributed by atoms with Gasteiger partial charge in [0.15, 0.2) is 0 Å². The fourth-order valence-electron chi connectivity index (χ4n) is 1.99. The van der Waals surface area contributed by atoms with Gasteiger partial charge in [0, 0.05) is 12.1 Å². The van der Waals surface area contributed by atoms with Crippen LogP contribution < -0.4 is 16.0 Å². The standard InChI is InChI=1S/C17H25N3O4/c1-4-14(22)20-16(11(2)3)17(24)18-9-15(23)19-13-7-5-12(10-21)6-8-13/h5-8,11,16,21H,4,9-10H2,1-3H3,(H,18,24)(H,19,23)(H,20,22)/t16-/m0/s1. The maximum Gasteiger partial charge on any atom is 0.243 e. The first-order valence-electron chi connectivity index (χ1n) is 7.94. The third kappa shape index (κ3) is 6.37. The summed E-state index contributed by atoms with van der Waals surface area (Å²) in [5.41, 5.74) is 1.32. The lowest BCUT2D eigenvalue weighted by molar-refractivity contribution is -0.130. The lowest BCUT2D eigenvalue weighted by Crippen LogP contribution is -2.50. The Kier molecular flexibility index (Phi) is 7.91. The normalized spacial score (nSPS) is 11.7. The summed E-state index contributed by atoms with van der Waals surface area (Å²) in [6, 6.07) is 6.06. The monoisotopic (exact) mass is 335 g/mol. The molecule has 0 aliphatic rings. The van der Waals surface area contributed by atoms with Gasteiger partial charge in [-0.1, -0.05) is 32.9 Å². The number of amides is 3. The first kappa shape index (κ1) is 19.6. The van der Waals surface area contributed by atoms with Gasteiger partial charge in [-0.25, -0.2) is 0 Å². The second-order valence-electron chi connectivity index (χ2n) is 5.76.